The summed E-state index contributed by atoms with van der Waals surface area (Å²) in [6.07, 6.45) is 0. The zero-order valence-corrected chi connectivity index (χ0v) is 9.18. The number of methoxy groups -OCH3 is 1. The van der Waals surface area contributed by atoms with Crippen molar-refractivity contribution in [3.63, 3.8) is 0 Å². The van der Waals surface area contributed by atoms with Crippen LogP contribution in [-0.4, -0.2) is 41.7 Å². The molecule has 0 aliphatic rings. The fourth-order valence-corrected chi connectivity index (χ4v) is 1.32. The second kappa shape index (κ2) is 6.32. The summed E-state index contributed by atoms with van der Waals surface area (Å²) in [5, 5.41) is 30.5. The Bertz CT molecular complexity index is 330. The van der Waals surface area contributed by atoms with E-state index in [4.69, 9.17) is 14.9 Å². The van der Waals surface area contributed by atoms with Crippen molar-refractivity contribution in [2.24, 2.45) is 0 Å². The normalized spacial score (nSPS) is 12.6. The Morgan fingerprint density at radius 3 is 2.62 bits per heavy atom. The lowest BCUT2D eigenvalue weighted by Crippen LogP contribution is -2.35. The van der Waals surface area contributed by atoms with Gasteiger partial charge in [0.25, 0.3) is 0 Å². The minimum absolute atomic E-state index is 0.0160. The Morgan fingerprint density at radius 2 is 2.06 bits per heavy atom. The topological polar surface area (TPSA) is 82.0 Å². The molecule has 1 atom stereocenters. The molecule has 0 aromatic heterocycles. The van der Waals surface area contributed by atoms with Gasteiger partial charge in [-0.2, -0.15) is 0 Å². The molecule has 0 saturated carbocycles. The van der Waals surface area contributed by atoms with Crippen LogP contribution in [0.2, 0.25) is 0 Å². The summed E-state index contributed by atoms with van der Waals surface area (Å²) < 4.78 is 4.91. The third kappa shape index (κ3) is 3.69. The number of aromatic hydroxyl groups is 2. The first-order valence-electron chi connectivity index (χ1n) is 5.01. The Kier molecular flexibility index (Phi) is 5.04. The van der Waals surface area contributed by atoms with E-state index in [1.54, 1.807) is 13.2 Å². The maximum Gasteiger partial charge on any atom is 0.157 e. The van der Waals surface area contributed by atoms with Crippen molar-refractivity contribution in [2.75, 3.05) is 20.3 Å². The molecule has 5 nitrogen and oxygen atoms in total. The summed E-state index contributed by atoms with van der Waals surface area (Å²) in [6.45, 7) is 0.890. The van der Waals surface area contributed by atoms with Crippen molar-refractivity contribution in [1.82, 2.24) is 5.32 Å². The van der Waals surface area contributed by atoms with E-state index >= 15 is 0 Å². The van der Waals surface area contributed by atoms with Crippen LogP contribution in [0.3, 0.4) is 0 Å². The fourth-order valence-electron chi connectivity index (χ4n) is 1.32. The summed E-state index contributed by atoms with van der Waals surface area (Å²) in [5.41, 5.74) is 0.824. The van der Waals surface area contributed by atoms with Gasteiger partial charge in [-0.15, -0.1) is 0 Å². The van der Waals surface area contributed by atoms with E-state index < -0.39 is 0 Å². The van der Waals surface area contributed by atoms with Crippen molar-refractivity contribution >= 4 is 0 Å². The van der Waals surface area contributed by atoms with Crippen LogP contribution in [0.4, 0.5) is 0 Å². The van der Waals surface area contributed by atoms with Gasteiger partial charge in [-0.25, -0.2) is 0 Å². The van der Waals surface area contributed by atoms with Gasteiger partial charge < -0.3 is 25.4 Å². The van der Waals surface area contributed by atoms with Crippen molar-refractivity contribution < 1.29 is 20.1 Å². The van der Waals surface area contributed by atoms with Crippen LogP contribution in [0.25, 0.3) is 0 Å². The monoisotopic (exact) mass is 227 g/mol. The molecule has 0 radical (unpaired) electrons. The lowest BCUT2D eigenvalue weighted by atomic mass is 10.2. The number of nitrogens with one attached hydrogen (secondary N) is 1. The second-order valence-corrected chi connectivity index (χ2v) is 3.54. The number of phenolic OH excluding ortho intramolecular Hbond substituents is 2. The Balaban J connectivity index is 2.50. The highest BCUT2D eigenvalue weighted by Crippen LogP contribution is 2.24. The Labute approximate surface area is 94.3 Å². The van der Waals surface area contributed by atoms with Crippen LogP contribution < -0.4 is 5.32 Å². The summed E-state index contributed by atoms with van der Waals surface area (Å²) in [5.74, 6) is -0.286. The van der Waals surface area contributed by atoms with E-state index in [0.29, 0.717) is 13.2 Å². The van der Waals surface area contributed by atoms with Gasteiger partial charge in [0.1, 0.15) is 0 Å². The predicted molar refractivity (Wildman–Crippen MR) is 59.4 cm³/mol. The summed E-state index contributed by atoms with van der Waals surface area (Å²) >= 11 is 0. The zero-order chi connectivity index (χ0) is 12.0. The van der Waals surface area contributed by atoms with Crippen LogP contribution in [0.15, 0.2) is 18.2 Å². The molecule has 5 heteroatoms. The maximum atomic E-state index is 9.27. The third-order valence-electron chi connectivity index (χ3n) is 2.22. The van der Waals surface area contributed by atoms with Crippen LogP contribution >= 0.6 is 0 Å². The van der Waals surface area contributed by atoms with Gasteiger partial charge in [-0.1, -0.05) is 6.07 Å². The Hall–Kier alpha value is -1.30. The van der Waals surface area contributed by atoms with Crippen molar-refractivity contribution in [2.45, 2.75) is 12.6 Å². The highest BCUT2D eigenvalue weighted by molar-refractivity contribution is 5.40. The van der Waals surface area contributed by atoms with Gasteiger partial charge in [0.2, 0.25) is 0 Å². The number of hydrogen-bond acceptors (Lipinski definition) is 5. The first kappa shape index (κ1) is 12.8. The standard InChI is InChI=1S/C11H17NO4/c1-16-7-9(6-13)12-5-8-2-3-10(14)11(15)4-8/h2-4,9,12-15H,5-7H2,1H3. The molecule has 0 fully saturated rings. The van der Waals surface area contributed by atoms with E-state index in [-0.39, 0.29) is 24.1 Å². The summed E-state index contributed by atoms with van der Waals surface area (Å²) in [4.78, 5) is 0. The van der Waals surface area contributed by atoms with E-state index in [0.717, 1.165) is 5.56 Å². The number of ether oxygens (including phenoxy) is 1. The SMILES string of the molecule is COCC(CO)NCc1ccc(O)c(O)c1. The molecule has 0 saturated heterocycles. The van der Waals surface area contributed by atoms with E-state index in [1.807, 2.05) is 0 Å². The van der Waals surface area contributed by atoms with Crippen LogP contribution in [0, 0.1) is 0 Å². The molecular formula is C11H17NO4. The third-order valence-corrected chi connectivity index (χ3v) is 2.22. The lowest BCUT2D eigenvalue weighted by Gasteiger charge is -2.15. The van der Waals surface area contributed by atoms with Gasteiger partial charge in [0.15, 0.2) is 11.5 Å². The molecule has 0 aliphatic carbocycles. The van der Waals surface area contributed by atoms with Crippen molar-refractivity contribution in [3.8, 4) is 11.5 Å². The quantitative estimate of drug-likeness (QED) is 0.522. The molecule has 16 heavy (non-hydrogen) atoms. The van der Waals surface area contributed by atoms with E-state index in [2.05, 4.69) is 5.32 Å². The summed E-state index contributed by atoms with van der Waals surface area (Å²) in [6, 6.07) is 4.46. The van der Waals surface area contributed by atoms with Crippen molar-refractivity contribution in [1.29, 1.82) is 0 Å². The minimum Gasteiger partial charge on any atom is -0.504 e. The lowest BCUT2D eigenvalue weighted by molar-refractivity contribution is 0.128. The molecular weight excluding hydrogens is 210 g/mol. The molecule has 0 amide bonds. The molecule has 0 spiro atoms. The number of benzene rings is 1. The first-order valence-corrected chi connectivity index (χ1v) is 5.01. The predicted octanol–water partition coefficient (Wildman–Crippen LogP) is 0.195. The number of aliphatic hydroxyl groups excluding tert-OH is 1. The molecule has 1 aromatic rings. The van der Waals surface area contributed by atoms with Crippen LogP contribution in [0.5, 0.6) is 11.5 Å². The molecule has 0 bridgehead atoms. The van der Waals surface area contributed by atoms with Gasteiger partial charge in [-0.05, 0) is 17.7 Å². The first-order chi connectivity index (χ1) is 7.67. The number of phenols is 2. The van der Waals surface area contributed by atoms with Gasteiger partial charge in [0.05, 0.1) is 19.3 Å². The molecule has 1 rings (SSSR count). The second-order valence-electron chi connectivity index (χ2n) is 3.54. The molecule has 1 unspecified atom stereocenters. The smallest absolute Gasteiger partial charge is 0.157 e. The van der Waals surface area contributed by atoms with Gasteiger partial charge >= 0.3 is 0 Å². The van der Waals surface area contributed by atoms with Crippen LogP contribution in [-0.2, 0) is 11.3 Å². The van der Waals surface area contributed by atoms with Crippen LogP contribution in [0.1, 0.15) is 5.56 Å². The average Bonchev–Trinajstić information content (AvgIpc) is 2.28. The largest absolute Gasteiger partial charge is 0.504 e. The van der Waals surface area contributed by atoms with Crippen molar-refractivity contribution in [3.05, 3.63) is 23.8 Å². The maximum absolute atomic E-state index is 9.27. The van der Waals surface area contributed by atoms with Gasteiger partial charge in [-0.3, -0.25) is 0 Å². The summed E-state index contributed by atoms with van der Waals surface area (Å²) in [7, 11) is 1.57. The number of hydrogen-bond donors (Lipinski definition) is 4. The fraction of sp³-hybridized carbons (Fsp3) is 0.455. The molecule has 0 heterocycles. The highest BCUT2D eigenvalue weighted by Gasteiger charge is 2.06. The van der Waals surface area contributed by atoms with Gasteiger partial charge in [0, 0.05) is 13.7 Å². The zero-order valence-electron chi connectivity index (χ0n) is 9.18. The number of rotatable bonds is 6. The van der Waals surface area contributed by atoms with E-state index in [1.165, 1.54) is 12.1 Å². The molecule has 1 aromatic carbocycles. The minimum atomic E-state index is -0.147. The van der Waals surface area contributed by atoms with E-state index in [9.17, 15) is 5.11 Å². The Morgan fingerprint density at radius 1 is 1.31 bits per heavy atom. The highest BCUT2D eigenvalue weighted by atomic mass is 16.5. The number of aliphatic hydroxyl groups is 1. The molecule has 0 aliphatic heterocycles. The average molecular weight is 227 g/mol. The molecule has 4 N–H and O–H groups in total. The molecule has 90 valence electrons.